The summed E-state index contributed by atoms with van der Waals surface area (Å²) in [6.45, 7) is 1.96. The fourth-order valence-electron chi connectivity index (χ4n) is 3.40. The lowest BCUT2D eigenvalue weighted by Crippen LogP contribution is -2.04. The summed E-state index contributed by atoms with van der Waals surface area (Å²) in [6.07, 6.45) is 2.29. The van der Waals surface area contributed by atoms with E-state index in [1.807, 2.05) is 23.6 Å². The van der Waals surface area contributed by atoms with E-state index in [9.17, 15) is 19.7 Å². The van der Waals surface area contributed by atoms with E-state index in [-0.39, 0.29) is 18.1 Å². The molecule has 7 nitrogen and oxygen atoms in total. The summed E-state index contributed by atoms with van der Waals surface area (Å²) in [5, 5.41) is 12.7. The van der Waals surface area contributed by atoms with Crippen LogP contribution >= 0.6 is 11.3 Å². The Labute approximate surface area is 181 Å². The first-order valence-electron chi connectivity index (χ1n) is 9.60. The molecule has 0 bridgehead atoms. The Kier molecular flexibility index (Phi) is 5.64. The summed E-state index contributed by atoms with van der Waals surface area (Å²) in [6, 6.07) is 15.2. The van der Waals surface area contributed by atoms with Crippen molar-refractivity contribution in [3.05, 3.63) is 104 Å². The van der Waals surface area contributed by atoms with Crippen LogP contribution in [0.15, 0.2) is 66.2 Å². The second-order valence-electron chi connectivity index (χ2n) is 6.86. The van der Waals surface area contributed by atoms with Crippen LogP contribution in [-0.4, -0.2) is 27.7 Å². The van der Waals surface area contributed by atoms with Crippen LogP contribution in [0.3, 0.4) is 0 Å². The van der Waals surface area contributed by atoms with Gasteiger partial charge in [-0.05, 0) is 54.1 Å². The number of fused-ring (bicyclic) bond motifs is 1. The summed E-state index contributed by atoms with van der Waals surface area (Å²) >= 11 is 1.34. The van der Waals surface area contributed by atoms with Crippen LogP contribution in [0.1, 0.15) is 43.8 Å². The third kappa shape index (κ3) is 4.10. The lowest BCUT2D eigenvalue weighted by molar-refractivity contribution is -0.384. The lowest BCUT2D eigenvalue weighted by Gasteiger charge is -2.06. The van der Waals surface area contributed by atoms with Gasteiger partial charge in [0.05, 0.1) is 33.2 Å². The number of nitro groups is 1. The molecule has 31 heavy (non-hydrogen) atoms. The Bertz CT molecular complexity index is 1270. The van der Waals surface area contributed by atoms with Gasteiger partial charge in [-0.1, -0.05) is 18.2 Å². The normalized spacial score (nSPS) is 10.9. The van der Waals surface area contributed by atoms with Gasteiger partial charge in [-0.2, -0.15) is 0 Å². The highest BCUT2D eigenvalue weighted by atomic mass is 32.1. The molecule has 0 aliphatic carbocycles. The van der Waals surface area contributed by atoms with E-state index in [1.165, 1.54) is 23.5 Å². The molecule has 8 heteroatoms. The Morgan fingerprint density at radius 3 is 2.52 bits per heavy atom. The number of esters is 1. The van der Waals surface area contributed by atoms with Crippen LogP contribution in [0.25, 0.3) is 5.52 Å². The average Bonchev–Trinajstić information content (AvgIpc) is 3.42. The first-order valence-corrected chi connectivity index (χ1v) is 10.5. The van der Waals surface area contributed by atoms with E-state index in [2.05, 4.69) is 0 Å². The van der Waals surface area contributed by atoms with E-state index in [4.69, 9.17) is 4.74 Å². The molecular weight excluding hydrogens is 416 g/mol. The topological polar surface area (TPSA) is 90.9 Å². The van der Waals surface area contributed by atoms with Gasteiger partial charge >= 0.3 is 5.97 Å². The molecular formula is C23H18N2O5S. The SMILES string of the molecule is CCOC(=O)c1cc(C(=O)c2cccs2)n2ccc(Cc3ccc([N+](=O)[O-])cc3)cc12. The van der Waals surface area contributed by atoms with E-state index >= 15 is 0 Å². The van der Waals surface area contributed by atoms with E-state index in [1.54, 1.807) is 41.8 Å². The number of hydrogen-bond acceptors (Lipinski definition) is 6. The molecule has 1 aromatic carbocycles. The minimum absolute atomic E-state index is 0.0344. The number of carbonyl (C=O) groups excluding carboxylic acids is 2. The number of carbonyl (C=O) groups is 2. The van der Waals surface area contributed by atoms with Crippen molar-refractivity contribution in [2.45, 2.75) is 13.3 Å². The van der Waals surface area contributed by atoms with E-state index in [0.29, 0.717) is 28.1 Å². The van der Waals surface area contributed by atoms with Crippen molar-refractivity contribution in [3.8, 4) is 0 Å². The number of rotatable bonds is 7. The number of non-ortho nitro benzene ring substituents is 1. The maximum absolute atomic E-state index is 13.0. The molecule has 0 saturated carbocycles. The second-order valence-corrected chi connectivity index (χ2v) is 7.81. The first kappa shape index (κ1) is 20.5. The molecule has 0 atom stereocenters. The zero-order chi connectivity index (χ0) is 22.0. The third-order valence-corrected chi connectivity index (χ3v) is 5.73. The highest BCUT2D eigenvalue weighted by Crippen LogP contribution is 2.25. The number of ether oxygens (including phenoxy) is 1. The monoisotopic (exact) mass is 434 g/mol. The molecule has 0 amide bonds. The number of thiophene rings is 1. The maximum Gasteiger partial charge on any atom is 0.340 e. The third-order valence-electron chi connectivity index (χ3n) is 4.86. The molecule has 0 fully saturated rings. The predicted molar refractivity (Wildman–Crippen MR) is 117 cm³/mol. The van der Waals surface area contributed by atoms with Crippen molar-refractivity contribution >= 4 is 34.3 Å². The molecule has 0 aliphatic rings. The molecule has 0 unspecified atom stereocenters. The minimum atomic E-state index is -0.488. The largest absolute Gasteiger partial charge is 0.462 e. The molecule has 0 N–H and O–H groups in total. The minimum Gasteiger partial charge on any atom is -0.462 e. The van der Waals surface area contributed by atoms with Crippen LogP contribution in [0, 0.1) is 10.1 Å². The van der Waals surface area contributed by atoms with Crippen LogP contribution in [0.5, 0.6) is 0 Å². The lowest BCUT2D eigenvalue weighted by atomic mass is 10.0. The second kappa shape index (κ2) is 8.53. The van der Waals surface area contributed by atoms with Gasteiger partial charge in [0, 0.05) is 18.3 Å². The molecule has 4 aromatic rings. The predicted octanol–water partition coefficient (Wildman–Crippen LogP) is 4.91. The van der Waals surface area contributed by atoms with E-state index < -0.39 is 10.9 Å². The van der Waals surface area contributed by atoms with Gasteiger partial charge in [0.2, 0.25) is 5.78 Å². The van der Waals surface area contributed by atoms with Gasteiger partial charge in [0.1, 0.15) is 0 Å². The average molecular weight is 434 g/mol. The number of ketones is 1. The highest BCUT2D eigenvalue weighted by molar-refractivity contribution is 7.12. The summed E-state index contributed by atoms with van der Waals surface area (Å²) in [4.78, 5) is 36.5. The molecule has 3 heterocycles. The molecule has 0 aliphatic heterocycles. The molecule has 0 spiro atoms. The summed E-state index contributed by atoms with van der Waals surface area (Å²) in [5.74, 6) is -0.651. The standard InChI is InChI=1S/C23H18N2O5S/c1-2-30-23(27)18-14-20(22(26)21-4-3-11-31-21)24-10-9-16(13-19(18)24)12-15-5-7-17(8-6-15)25(28)29/h3-11,13-14H,2,12H2,1H3. The number of benzene rings is 1. The van der Waals surface area contributed by atoms with Crippen molar-refractivity contribution in [1.29, 1.82) is 0 Å². The Morgan fingerprint density at radius 1 is 1.10 bits per heavy atom. The first-order chi connectivity index (χ1) is 15.0. The van der Waals surface area contributed by atoms with Crippen molar-refractivity contribution in [1.82, 2.24) is 4.40 Å². The van der Waals surface area contributed by atoms with Crippen molar-refractivity contribution in [2.75, 3.05) is 6.61 Å². The maximum atomic E-state index is 13.0. The molecule has 4 rings (SSSR count). The Hall–Kier alpha value is -3.78. The zero-order valence-electron chi connectivity index (χ0n) is 16.6. The number of nitrogens with zero attached hydrogens (tertiary/aromatic N) is 2. The number of aromatic nitrogens is 1. The van der Waals surface area contributed by atoms with Crippen LogP contribution in [0.4, 0.5) is 5.69 Å². The van der Waals surface area contributed by atoms with Gasteiger partial charge < -0.3 is 9.14 Å². The molecule has 0 saturated heterocycles. The molecule has 3 aromatic heterocycles. The van der Waals surface area contributed by atoms with Gasteiger partial charge in [-0.3, -0.25) is 14.9 Å². The van der Waals surface area contributed by atoms with Crippen LogP contribution in [-0.2, 0) is 11.2 Å². The Balaban J connectivity index is 1.74. The summed E-state index contributed by atoms with van der Waals surface area (Å²) < 4.78 is 6.89. The van der Waals surface area contributed by atoms with Crippen LogP contribution < -0.4 is 0 Å². The van der Waals surface area contributed by atoms with Crippen molar-refractivity contribution in [2.24, 2.45) is 0 Å². The van der Waals surface area contributed by atoms with Gasteiger partial charge in [-0.25, -0.2) is 4.79 Å². The Morgan fingerprint density at radius 2 is 1.87 bits per heavy atom. The van der Waals surface area contributed by atoms with Gasteiger partial charge in [-0.15, -0.1) is 11.3 Å². The van der Waals surface area contributed by atoms with Gasteiger partial charge in [0.15, 0.2) is 0 Å². The fraction of sp³-hybridized carbons (Fsp3) is 0.130. The quantitative estimate of drug-likeness (QED) is 0.178. The number of nitro benzene ring substituents is 1. The smallest absolute Gasteiger partial charge is 0.340 e. The number of pyridine rings is 1. The highest BCUT2D eigenvalue weighted by Gasteiger charge is 2.22. The summed E-state index contributed by atoms with van der Waals surface area (Å²) in [5.41, 5.74) is 3.13. The van der Waals surface area contributed by atoms with Crippen LogP contribution in [0.2, 0.25) is 0 Å². The molecule has 0 radical (unpaired) electrons. The number of hydrogen-bond donors (Lipinski definition) is 0. The fourth-order valence-corrected chi connectivity index (χ4v) is 4.08. The van der Waals surface area contributed by atoms with Crippen molar-refractivity contribution < 1.29 is 19.2 Å². The molecule has 156 valence electrons. The zero-order valence-corrected chi connectivity index (χ0v) is 17.4. The van der Waals surface area contributed by atoms with Crippen molar-refractivity contribution in [3.63, 3.8) is 0 Å². The van der Waals surface area contributed by atoms with Gasteiger partial charge in [0.25, 0.3) is 5.69 Å². The van der Waals surface area contributed by atoms with E-state index in [0.717, 1.165) is 11.1 Å². The summed E-state index contributed by atoms with van der Waals surface area (Å²) in [7, 11) is 0.